The number of rotatable bonds is 4. The topological polar surface area (TPSA) is 64.4 Å². The standard InChI is InChI=1S/C20H20ClN3O3S/c1-12-16-11-17(20(26)27-13(2)18(25)23-8-3-4-9-23)28-19(16)24(22-12)15-7-5-6-14(21)10-15/h5-7,10-11,13H,3-4,8-9H2,1-2H3. The lowest BCUT2D eigenvalue weighted by atomic mass is 10.3. The molecule has 1 aliphatic heterocycles. The van der Waals surface area contributed by atoms with Gasteiger partial charge < -0.3 is 9.64 Å². The molecule has 1 unspecified atom stereocenters. The first-order chi connectivity index (χ1) is 13.4. The predicted octanol–water partition coefficient (Wildman–Crippen LogP) is 4.22. The molecule has 1 atom stereocenters. The second-order valence-corrected chi connectivity index (χ2v) is 8.35. The molecule has 2 aromatic heterocycles. The maximum absolute atomic E-state index is 12.6. The van der Waals surface area contributed by atoms with Crippen molar-refractivity contribution in [1.82, 2.24) is 14.7 Å². The maximum Gasteiger partial charge on any atom is 0.349 e. The zero-order valence-corrected chi connectivity index (χ0v) is 17.2. The van der Waals surface area contributed by atoms with Crippen LogP contribution in [0, 0.1) is 6.92 Å². The van der Waals surface area contributed by atoms with Gasteiger partial charge in [-0.25, -0.2) is 9.48 Å². The lowest BCUT2D eigenvalue weighted by molar-refractivity contribution is -0.138. The van der Waals surface area contributed by atoms with Crippen molar-refractivity contribution in [2.75, 3.05) is 13.1 Å². The van der Waals surface area contributed by atoms with E-state index in [4.69, 9.17) is 16.3 Å². The Morgan fingerprint density at radius 1 is 1.25 bits per heavy atom. The van der Waals surface area contributed by atoms with Gasteiger partial charge in [-0.05, 0) is 51.0 Å². The number of nitrogens with zero attached hydrogens (tertiary/aromatic N) is 3. The number of carbonyl (C=O) groups excluding carboxylic acids is 2. The largest absolute Gasteiger partial charge is 0.448 e. The fraction of sp³-hybridized carbons (Fsp3) is 0.350. The van der Waals surface area contributed by atoms with Crippen molar-refractivity contribution in [2.24, 2.45) is 0 Å². The first-order valence-corrected chi connectivity index (χ1v) is 10.4. The number of carbonyl (C=O) groups is 2. The lowest BCUT2D eigenvalue weighted by Crippen LogP contribution is -2.38. The summed E-state index contributed by atoms with van der Waals surface area (Å²) in [6, 6.07) is 9.16. The van der Waals surface area contributed by atoms with Crippen molar-refractivity contribution in [2.45, 2.75) is 32.8 Å². The molecule has 28 heavy (non-hydrogen) atoms. The van der Waals surface area contributed by atoms with Crippen molar-refractivity contribution < 1.29 is 14.3 Å². The number of aromatic nitrogens is 2. The summed E-state index contributed by atoms with van der Waals surface area (Å²) in [7, 11) is 0. The summed E-state index contributed by atoms with van der Waals surface area (Å²) in [5.74, 6) is -0.619. The van der Waals surface area contributed by atoms with Gasteiger partial charge in [-0.1, -0.05) is 17.7 Å². The minimum atomic E-state index is -0.790. The van der Waals surface area contributed by atoms with Crippen LogP contribution in [0.2, 0.25) is 5.02 Å². The van der Waals surface area contributed by atoms with Crippen molar-refractivity contribution in [3.05, 3.63) is 45.9 Å². The van der Waals surface area contributed by atoms with Crippen LogP contribution in [0.5, 0.6) is 0 Å². The Morgan fingerprint density at radius 2 is 2.00 bits per heavy atom. The number of fused-ring (bicyclic) bond motifs is 1. The molecule has 3 heterocycles. The Balaban J connectivity index is 1.58. The molecular weight excluding hydrogens is 398 g/mol. The predicted molar refractivity (Wildman–Crippen MR) is 109 cm³/mol. The van der Waals surface area contributed by atoms with E-state index in [1.807, 2.05) is 25.1 Å². The van der Waals surface area contributed by atoms with Gasteiger partial charge in [0.25, 0.3) is 5.91 Å². The third-order valence-corrected chi connectivity index (χ3v) is 6.17. The maximum atomic E-state index is 12.6. The van der Waals surface area contributed by atoms with Gasteiger partial charge in [0.1, 0.15) is 9.71 Å². The van der Waals surface area contributed by atoms with Crippen LogP contribution >= 0.6 is 22.9 Å². The molecule has 0 spiro atoms. The van der Waals surface area contributed by atoms with Crippen molar-refractivity contribution in [3.63, 3.8) is 0 Å². The Hall–Kier alpha value is -2.38. The average molecular weight is 418 g/mol. The van der Waals surface area contributed by atoms with Crippen LogP contribution in [0.15, 0.2) is 30.3 Å². The molecule has 0 saturated carbocycles. The Kier molecular flexibility index (Phi) is 5.12. The average Bonchev–Trinajstić information content (AvgIpc) is 3.39. The van der Waals surface area contributed by atoms with E-state index < -0.39 is 12.1 Å². The molecular formula is C20H20ClN3O3S. The quantitative estimate of drug-likeness (QED) is 0.596. The summed E-state index contributed by atoms with van der Waals surface area (Å²) in [6.07, 6.45) is 1.21. The first-order valence-electron chi connectivity index (χ1n) is 9.19. The smallest absolute Gasteiger partial charge is 0.349 e. The Bertz CT molecular complexity index is 1050. The summed E-state index contributed by atoms with van der Waals surface area (Å²) in [6.45, 7) is 4.99. The molecule has 1 amide bonds. The highest BCUT2D eigenvalue weighted by Gasteiger charge is 2.27. The first kappa shape index (κ1) is 19.0. The second-order valence-electron chi connectivity index (χ2n) is 6.89. The fourth-order valence-electron chi connectivity index (χ4n) is 3.39. The monoisotopic (exact) mass is 417 g/mol. The highest BCUT2D eigenvalue weighted by molar-refractivity contribution is 7.20. The zero-order chi connectivity index (χ0) is 19.8. The van der Waals surface area contributed by atoms with Crippen molar-refractivity contribution >= 4 is 45.0 Å². The number of esters is 1. The van der Waals surface area contributed by atoms with E-state index in [0.29, 0.717) is 9.90 Å². The van der Waals surface area contributed by atoms with Crippen LogP contribution in [0.3, 0.4) is 0 Å². The van der Waals surface area contributed by atoms with Gasteiger partial charge >= 0.3 is 5.97 Å². The fourth-order valence-corrected chi connectivity index (χ4v) is 4.64. The van der Waals surface area contributed by atoms with Gasteiger partial charge in [0, 0.05) is 23.5 Å². The van der Waals surface area contributed by atoms with E-state index in [1.54, 1.807) is 28.6 Å². The van der Waals surface area contributed by atoms with Crippen molar-refractivity contribution in [3.8, 4) is 5.69 Å². The number of halogens is 1. The van der Waals surface area contributed by atoms with E-state index in [2.05, 4.69) is 5.10 Å². The van der Waals surface area contributed by atoms with Gasteiger partial charge in [0.15, 0.2) is 6.10 Å². The number of ether oxygens (including phenoxy) is 1. The molecule has 0 radical (unpaired) electrons. The van der Waals surface area contributed by atoms with Gasteiger partial charge in [-0.3, -0.25) is 4.79 Å². The van der Waals surface area contributed by atoms with E-state index in [9.17, 15) is 9.59 Å². The van der Waals surface area contributed by atoms with Crippen LogP contribution < -0.4 is 0 Å². The van der Waals surface area contributed by atoms with E-state index in [-0.39, 0.29) is 5.91 Å². The SMILES string of the molecule is Cc1nn(-c2cccc(Cl)c2)c2sc(C(=O)OC(C)C(=O)N3CCCC3)cc12. The molecule has 8 heteroatoms. The molecule has 6 nitrogen and oxygen atoms in total. The third-order valence-electron chi connectivity index (χ3n) is 4.85. The summed E-state index contributed by atoms with van der Waals surface area (Å²) in [5.41, 5.74) is 1.64. The second kappa shape index (κ2) is 7.56. The number of hydrogen-bond acceptors (Lipinski definition) is 5. The highest BCUT2D eigenvalue weighted by atomic mass is 35.5. The Labute approximate surface area is 171 Å². The van der Waals surface area contributed by atoms with Crippen LogP contribution in [0.1, 0.15) is 35.1 Å². The molecule has 3 aromatic rings. The van der Waals surface area contributed by atoms with Gasteiger partial charge in [0.2, 0.25) is 0 Å². The minimum absolute atomic E-state index is 0.131. The van der Waals surface area contributed by atoms with Gasteiger partial charge in [-0.2, -0.15) is 5.10 Å². The molecule has 0 N–H and O–H groups in total. The van der Waals surface area contributed by atoms with Gasteiger partial charge in [0.05, 0.1) is 11.4 Å². The van der Waals surface area contributed by atoms with Crippen LogP contribution in [-0.2, 0) is 9.53 Å². The molecule has 4 rings (SSSR count). The summed E-state index contributed by atoms with van der Waals surface area (Å²) >= 11 is 7.40. The minimum Gasteiger partial charge on any atom is -0.448 e. The number of likely N-dealkylation sites (tertiary alicyclic amines) is 1. The highest BCUT2D eigenvalue weighted by Crippen LogP contribution is 2.31. The number of benzene rings is 1. The van der Waals surface area contributed by atoms with E-state index in [0.717, 1.165) is 47.5 Å². The van der Waals surface area contributed by atoms with E-state index in [1.165, 1.54) is 11.3 Å². The van der Waals surface area contributed by atoms with Crippen molar-refractivity contribution in [1.29, 1.82) is 0 Å². The van der Waals surface area contributed by atoms with Crippen LogP contribution in [0.4, 0.5) is 0 Å². The molecule has 0 aliphatic carbocycles. The number of amides is 1. The van der Waals surface area contributed by atoms with E-state index >= 15 is 0 Å². The number of thiophene rings is 1. The Morgan fingerprint density at radius 3 is 2.71 bits per heavy atom. The van der Waals surface area contributed by atoms with Crippen LogP contribution in [-0.4, -0.2) is 45.8 Å². The normalized spacial score (nSPS) is 15.2. The lowest BCUT2D eigenvalue weighted by Gasteiger charge is -2.20. The third kappa shape index (κ3) is 3.52. The molecule has 1 fully saturated rings. The van der Waals surface area contributed by atoms with Crippen LogP contribution in [0.25, 0.3) is 15.9 Å². The number of hydrogen-bond donors (Lipinski definition) is 0. The zero-order valence-electron chi connectivity index (χ0n) is 15.6. The number of aryl methyl sites for hydroxylation is 1. The molecule has 0 bridgehead atoms. The molecule has 1 aromatic carbocycles. The molecule has 1 saturated heterocycles. The molecule has 1 aliphatic rings. The summed E-state index contributed by atoms with van der Waals surface area (Å²) < 4.78 is 7.22. The van der Waals surface area contributed by atoms with Gasteiger partial charge in [-0.15, -0.1) is 11.3 Å². The molecule has 146 valence electrons. The summed E-state index contributed by atoms with van der Waals surface area (Å²) in [4.78, 5) is 28.1. The summed E-state index contributed by atoms with van der Waals surface area (Å²) in [5, 5.41) is 6.06.